The lowest BCUT2D eigenvalue weighted by atomic mass is 10.3. The molecule has 1 aromatic carbocycles. The van der Waals surface area contributed by atoms with E-state index in [0.717, 1.165) is 0 Å². The molecule has 5 nitrogen and oxygen atoms in total. The van der Waals surface area contributed by atoms with Crippen LogP contribution >= 0.6 is 0 Å². The molecule has 0 bridgehead atoms. The number of fused-ring (bicyclic) bond motifs is 1. The largest absolute Gasteiger partial charge is 0.586 e. The van der Waals surface area contributed by atoms with Gasteiger partial charge in [-0.05, 0) is 19.1 Å². The van der Waals surface area contributed by atoms with Gasteiger partial charge in [-0.25, -0.2) is 0 Å². The van der Waals surface area contributed by atoms with Gasteiger partial charge < -0.3 is 19.5 Å². The highest BCUT2D eigenvalue weighted by Crippen LogP contribution is 2.42. The highest BCUT2D eigenvalue weighted by Gasteiger charge is 2.43. The Bertz CT molecular complexity index is 464. The molecule has 1 aliphatic rings. The van der Waals surface area contributed by atoms with Crippen molar-refractivity contribution in [3.05, 3.63) is 18.2 Å². The molecule has 1 N–H and O–H groups in total. The number of carbonyl (C=O) groups excluding carboxylic acids is 1. The van der Waals surface area contributed by atoms with E-state index in [-0.39, 0.29) is 24.7 Å². The SMILES string of the molecule is CCOC(=O)CNc1ccc2c(c1)OC(F)(F)O2. The molecule has 18 heavy (non-hydrogen) atoms. The summed E-state index contributed by atoms with van der Waals surface area (Å²) in [5, 5.41) is 2.73. The summed E-state index contributed by atoms with van der Waals surface area (Å²) in [6.45, 7) is 1.93. The van der Waals surface area contributed by atoms with Gasteiger partial charge in [-0.15, -0.1) is 8.78 Å². The fourth-order valence-corrected chi connectivity index (χ4v) is 1.45. The lowest BCUT2D eigenvalue weighted by molar-refractivity contribution is -0.286. The number of alkyl halides is 2. The summed E-state index contributed by atoms with van der Waals surface area (Å²) in [7, 11) is 0. The average molecular weight is 259 g/mol. The minimum atomic E-state index is -3.64. The first-order chi connectivity index (χ1) is 8.50. The number of ether oxygens (including phenoxy) is 3. The molecule has 0 atom stereocenters. The summed E-state index contributed by atoms with van der Waals surface area (Å²) in [6, 6.07) is 4.17. The van der Waals surface area contributed by atoms with Gasteiger partial charge in [0, 0.05) is 11.8 Å². The van der Waals surface area contributed by atoms with E-state index >= 15 is 0 Å². The van der Waals surface area contributed by atoms with Crippen LogP contribution in [0.25, 0.3) is 0 Å². The summed E-state index contributed by atoms with van der Waals surface area (Å²) in [5.74, 6) is -0.545. The fraction of sp³-hybridized carbons (Fsp3) is 0.364. The Kier molecular flexibility index (Phi) is 3.22. The van der Waals surface area contributed by atoms with Gasteiger partial charge in [-0.1, -0.05) is 0 Å². The highest BCUT2D eigenvalue weighted by atomic mass is 19.3. The molecule has 0 radical (unpaired) electrons. The third kappa shape index (κ3) is 2.79. The molecule has 1 aliphatic heterocycles. The van der Waals surface area contributed by atoms with Crippen LogP contribution in [0, 0.1) is 0 Å². The second kappa shape index (κ2) is 4.67. The van der Waals surface area contributed by atoms with Gasteiger partial charge in [0.2, 0.25) is 0 Å². The summed E-state index contributed by atoms with van der Waals surface area (Å²) in [6.07, 6.45) is -3.64. The Hall–Kier alpha value is -2.05. The van der Waals surface area contributed by atoms with Gasteiger partial charge in [-0.2, -0.15) is 0 Å². The Morgan fingerprint density at radius 3 is 2.83 bits per heavy atom. The molecule has 1 heterocycles. The van der Waals surface area contributed by atoms with Crippen LogP contribution in [0.4, 0.5) is 14.5 Å². The zero-order valence-electron chi connectivity index (χ0n) is 9.54. The van der Waals surface area contributed by atoms with Crippen molar-refractivity contribution in [2.45, 2.75) is 13.2 Å². The standard InChI is InChI=1S/C11H11F2NO4/c1-2-16-10(15)6-14-7-3-4-8-9(5-7)18-11(12,13)17-8/h3-5,14H,2,6H2,1H3. The molecule has 2 rings (SSSR count). The molecule has 0 unspecified atom stereocenters. The first-order valence-corrected chi connectivity index (χ1v) is 5.29. The van der Waals surface area contributed by atoms with Crippen molar-refractivity contribution in [1.29, 1.82) is 0 Å². The minimum Gasteiger partial charge on any atom is -0.465 e. The second-order valence-electron chi connectivity index (χ2n) is 3.49. The maximum absolute atomic E-state index is 12.7. The van der Waals surface area contributed by atoms with Crippen molar-refractivity contribution in [1.82, 2.24) is 0 Å². The zero-order chi connectivity index (χ0) is 13.2. The number of hydrogen-bond donors (Lipinski definition) is 1. The first kappa shape index (κ1) is 12.4. The van der Waals surface area contributed by atoms with Crippen LogP contribution in [-0.4, -0.2) is 25.4 Å². The Morgan fingerprint density at radius 2 is 2.11 bits per heavy atom. The van der Waals surface area contributed by atoms with Gasteiger partial charge in [0.1, 0.15) is 6.54 Å². The minimum absolute atomic E-state index is 0.0401. The second-order valence-corrected chi connectivity index (χ2v) is 3.49. The monoisotopic (exact) mass is 259 g/mol. The summed E-state index contributed by atoms with van der Waals surface area (Å²) < 4.78 is 38.7. The number of anilines is 1. The van der Waals surface area contributed by atoms with E-state index in [2.05, 4.69) is 14.8 Å². The first-order valence-electron chi connectivity index (χ1n) is 5.29. The van der Waals surface area contributed by atoms with Crippen molar-refractivity contribution < 1.29 is 27.8 Å². The van der Waals surface area contributed by atoms with E-state index in [1.165, 1.54) is 18.2 Å². The normalized spacial score (nSPS) is 15.3. The Morgan fingerprint density at radius 1 is 1.39 bits per heavy atom. The number of rotatable bonds is 4. The fourth-order valence-electron chi connectivity index (χ4n) is 1.45. The average Bonchev–Trinajstić information content (AvgIpc) is 2.59. The molecule has 0 spiro atoms. The van der Waals surface area contributed by atoms with Gasteiger partial charge in [0.05, 0.1) is 6.61 Å². The van der Waals surface area contributed by atoms with Gasteiger partial charge >= 0.3 is 12.3 Å². The Labute approximate surface area is 102 Å². The molecule has 0 aliphatic carbocycles. The van der Waals surface area contributed by atoms with Crippen LogP contribution in [0.2, 0.25) is 0 Å². The molecule has 0 amide bonds. The lowest BCUT2D eigenvalue weighted by Crippen LogP contribution is -2.25. The molecule has 0 saturated heterocycles. The van der Waals surface area contributed by atoms with E-state index in [1.54, 1.807) is 6.92 Å². The van der Waals surface area contributed by atoms with Crippen molar-refractivity contribution in [2.24, 2.45) is 0 Å². The summed E-state index contributed by atoms with van der Waals surface area (Å²) in [4.78, 5) is 11.1. The molecule has 98 valence electrons. The smallest absolute Gasteiger partial charge is 0.465 e. The van der Waals surface area contributed by atoms with Gasteiger partial charge in [0.15, 0.2) is 11.5 Å². The van der Waals surface area contributed by atoms with E-state index in [9.17, 15) is 13.6 Å². The van der Waals surface area contributed by atoms with Crippen LogP contribution in [0.1, 0.15) is 6.92 Å². The molecule has 0 fully saturated rings. The number of nitrogens with one attached hydrogen (secondary N) is 1. The highest BCUT2D eigenvalue weighted by molar-refractivity contribution is 5.75. The molecule has 0 saturated carbocycles. The van der Waals surface area contributed by atoms with Crippen molar-refractivity contribution >= 4 is 11.7 Å². The summed E-state index contributed by atoms with van der Waals surface area (Å²) in [5.41, 5.74) is 0.461. The number of esters is 1. The van der Waals surface area contributed by atoms with Crippen molar-refractivity contribution in [2.75, 3.05) is 18.5 Å². The van der Waals surface area contributed by atoms with Crippen LogP contribution in [0.5, 0.6) is 11.5 Å². The predicted molar refractivity (Wildman–Crippen MR) is 57.8 cm³/mol. The number of carbonyl (C=O) groups is 1. The number of hydrogen-bond acceptors (Lipinski definition) is 5. The molecular formula is C11H11F2NO4. The maximum atomic E-state index is 12.7. The predicted octanol–water partition coefficient (Wildman–Crippen LogP) is 1.98. The van der Waals surface area contributed by atoms with Crippen LogP contribution in [0.3, 0.4) is 0 Å². The van der Waals surface area contributed by atoms with E-state index in [4.69, 9.17) is 4.74 Å². The molecule has 7 heteroatoms. The van der Waals surface area contributed by atoms with Crippen molar-refractivity contribution in [3.63, 3.8) is 0 Å². The third-order valence-corrected chi connectivity index (χ3v) is 2.14. The van der Waals surface area contributed by atoms with Crippen molar-refractivity contribution in [3.8, 4) is 11.5 Å². The molecule has 1 aromatic rings. The van der Waals surface area contributed by atoms with Crippen LogP contribution < -0.4 is 14.8 Å². The van der Waals surface area contributed by atoms with E-state index in [0.29, 0.717) is 5.69 Å². The van der Waals surface area contributed by atoms with E-state index < -0.39 is 12.3 Å². The summed E-state index contributed by atoms with van der Waals surface area (Å²) >= 11 is 0. The molecular weight excluding hydrogens is 248 g/mol. The Balaban J connectivity index is 1.99. The third-order valence-electron chi connectivity index (χ3n) is 2.14. The van der Waals surface area contributed by atoms with Crippen LogP contribution in [-0.2, 0) is 9.53 Å². The number of halogens is 2. The maximum Gasteiger partial charge on any atom is 0.586 e. The van der Waals surface area contributed by atoms with E-state index in [1.807, 2.05) is 0 Å². The number of benzene rings is 1. The topological polar surface area (TPSA) is 56.8 Å². The van der Waals surface area contributed by atoms with Crippen LogP contribution in [0.15, 0.2) is 18.2 Å². The zero-order valence-corrected chi connectivity index (χ0v) is 9.54. The quantitative estimate of drug-likeness (QED) is 0.838. The van der Waals surface area contributed by atoms with Gasteiger partial charge in [-0.3, -0.25) is 4.79 Å². The lowest BCUT2D eigenvalue weighted by Gasteiger charge is -2.06. The molecule has 0 aromatic heterocycles. The van der Waals surface area contributed by atoms with Gasteiger partial charge in [0.25, 0.3) is 0 Å².